The van der Waals surface area contributed by atoms with Crippen LogP contribution in [0.5, 0.6) is 0 Å². The summed E-state index contributed by atoms with van der Waals surface area (Å²) in [5, 5.41) is 0. The number of carbonyl (C=O) groups is 2. The summed E-state index contributed by atoms with van der Waals surface area (Å²) in [6.07, 6.45) is 2.72. The fourth-order valence-corrected chi connectivity index (χ4v) is 2.33. The van der Waals surface area contributed by atoms with Gasteiger partial charge >= 0.3 is 0 Å². The average Bonchev–Trinajstić information content (AvgIpc) is 2.35. The van der Waals surface area contributed by atoms with Gasteiger partial charge in [0.15, 0.2) is 0 Å². The Bertz CT molecular complexity index is 278. The molecule has 98 valence electrons. The summed E-state index contributed by atoms with van der Waals surface area (Å²) in [4.78, 5) is 26.6. The fraction of sp³-hybridized carbons (Fsp3) is 0.818. The number of nitrogens with two attached hydrogens (primary N) is 1. The molecule has 1 aliphatic rings. The first-order valence-electron chi connectivity index (χ1n) is 5.85. The smallest absolute Gasteiger partial charge is 0.239 e. The number of amides is 2. The van der Waals surface area contributed by atoms with Crippen LogP contribution in [0.25, 0.3) is 0 Å². The quantitative estimate of drug-likeness (QED) is 0.756. The predicted octanol–water partition coefficient (Wildman–Crippen LogP) is -0.242. The first-order chi connectivity index (χ1) is 8.06. The molecule has 2 amide bonds. The molecule has 5 nitrogen and oxygen atoms in total. The second-order valence-corrected chi connectivity index (χ2v) is 5.20. The fourth-order valence-electron chi connectivity index (χ4n) is 1.84. The van der Waals surface area contributed by atoms with Crippen LogP contribution in [0.4, 0.5) is 0 Å². The SMILES string of the molecule is CSCC[C@@H](N)C(=O)N1CCN(C(C)=O)CC1. The third-order valence-corrected chi connectivity index (χ3v) is 3.63. The van der Waals surface area contributed by atoms with Gasteiger partial charge in [-0.05, 0) is 18.4 Å². The lowest BCUT2D eigenvalue weighted by Crippen LogP contribution is -2.54. The van der Waals surface area contributed by atoms with E-state index in [4.69, 9.17) is 5.73 Å². The average molecular weight is 259 g/mol. The maximum atomic E-state index is 12.0. The number of hydrogen-bond acceptors (Lipinski definition) is 4. The highest BCUT2D eigenvalue weighted by Crippen LogP contribution is 2.06. The van der Waals surface area contributed by atoms with E-state index < -0.39 is 6.04 Å². The van der Waals surface area contributed by atoms with Gasteiger partial charge in [-0.3, -0.25) is 9.59 Å². The third-order valence-electron chi connectivity index (χ3n) is 2.99. The van der Waals surface area contributed by atoms with Gasteiger partial charge in [-0.1, -0.05) is 0 Å². The van der Waals surface area contributed by atoms with Crippen molar-refractivity contribution in [3.8, 4) is 0 Å². The van der Waals surface area contributed by atoms with Crippen LogP contribution in [-0.4, -0.2) is 65.8 Å². The lowest BCUT2D eigenvalue weighted by Gasteiger charge is -2.35. The van der Waals surface area contributed by atoms with E-state index in [0.29, 0.717) is 32.6 Å². The normalized spacial score (nSPS) is 18.1. The molecule has 0 spiro atoms. The minimum atomic E-state index is -0.397. The molecule has 1 rings (SSSR count). The van der Waals surface area contributed by atoms with Crippen LogP contribution in [0.1, 0.15) is 13.3 Å². The standard InChI is InChI=1S/C11H21N3O2S/c1-9(15)13-4-6-14(7-5-13)11(16)10(12)3-8-17-2/h10H,3-8,12H2,1-2H3/t10-/m1/s1. The van der Waals surface area contributed by atoms with E-state index in [9.17, 15) is 9.59 Å². The van der Waals surface area contributed by atoms with Crippen molar-refractivity contribution in [1.29, 1.82) is 0 Å². The molecule has 0 unspecified atom stereocenters. The number of hydrogen-bond donors (Lipinski definition) is 1. The molecule has 0 radical (unpaired) electrons. The summed E-state index contributed by atoms with van der Waals surface area (Å²) in [7, 11) is 0. The molecule has 0 bridgehead atoms. The molecule has 17 heavy (non-hydrogen) atoms. The molecular weight excluding hydrogens is 238 g/mol. The van der Waals surface area contributed by atoms with Gasteiger partial charge in [0.1, 0.15) is 0 Å². The minimum absolute atomic E-state index is 0.0160. The van der Waals surface area contributed by atoms with E-state index in [-0.39, 0.29) is 11.8 Å². The Kier molecular flexibility index (Phi) is 5.77. The first-order valence-corrected chi connectivity index (χ1v) is 7.24. The molecule has 1 fully saturated rings. The maximum absolute atomic E-state index is 12.0. The van der Waals surface area contributed by atoms with Gasteiger partial charge in [0.25, 0.3) is 0 Å². The van der Waals surface area contributed by atoms with E-state index >= 15 is 0 Å². The molecule has 2 N–H and O–H groups in total. The second-order valence-electron chi connectivity index (χ2n) is 4.22. The van der Waals surface area contributed by atoms with Crippen LogP contribution in [0.2, 0.25) is 0 Å². The van der Waals surface area contributed by atoms with E-state index in [1.807, 2.05) is 6.26 Å². The summed E-state index contributed by atoms with van der Waals surface area (Å²) >= 11 is 1.69. The van der Waals surface area contributed by atoms with Crippen molar-refractivity contribution < 1.29 is 9.59 Å². The predicted molar refractivity (Wildman–Crippen MR) is 69.8 cm³/mol. The van der Waals surface area contributed by atoms with Gasteiger partial charge in [0.05, 0.1) is 6.04 Å². The van der Waals surface area contributed by atoms with Crippen LogP contribution in [0, 0.1) is 0 Å². The van der Waals surface area contributed by atoms with E-state index in [1.165, 1.54) is 0 Å². The Morgan fingerprint density at radius 3 is 2.24 bits per heavy atom. The third kappa shape index (κ3) is 4.20. The molecule has 0 saturated carbocycles. The van der Waals surface area contributed by atoms with Crippen molar-refractivity contribution >= 4 is 23.6 Å². The Hall–Kier alpha value is -0.750. The zero-order chi connectivity index (χ0) is 12.8. The zero-order valence-electron chi connectivity index (χ0n) is 10.5. The van der Waals surface area contributed by atoms with Gasteiger partial charge in [-0.25, -0.2) is 0 Å². The van der Waals surface area contributed by atoms with Gasteiger partial charge in [-0.15, -0.1) is 0 Å². The molecule has 0 aliphatic carbocycles. The number of rotatable bonds is 4. The number of piperazine rings is 1. The molecule has 1 atom stereocenters. The number of nitrogens with zero attached hydrogens (tertiary/aromatic N) is 2. The van der Waals surface area contributed by atoms with Crippen molar-refractivity contribution in [1.82, 2.24) is 9.80 Å². The Morgan fingerprint density at radius 1 is 1.24 bits per heavy atom. The highest BCUT2D eigenvalue weighted by Gasteiger charge is 2.25. The lowest BCUT2D eigenvalue weighted by molar-refractivity contribution is -0.139. The van der Waals surface area contributed by atoms with Crippen molar-refractivity contribution in [2.75, 3.05) is 38.2 Å². The molecule has 6 heteroatoms. The Labute approximate surface area is 107 Å². The Morgan fingerprint density at radius 2 is 1.76 bits per heavy atom. The summed E-state index contributed by atoms with van der Waals surface area (Å²) < 4.78 is 0. The highest BCUT2D eigenvalue weighted by molar-refractivity contribution is 7.98. The summed E-state index contributed by atoms with van der Waals surface area (Å²) in [6.45, 7) is 4.01. The summed E-state index contributed by atoms with van der Waals surface area (Å²) in [5.74, 6) is 0.992. The largest absolute Gasteiger partial charge is 0.339 e. The van der Waals surface area contributed by atoms with Gasteiger partial charge in [0, 0.05) is 33.1 Å². The van der Waals surface area contributed by atoms with Crippen molar-refractivity contribution in [2.24, 2.45) is 5.73 Å². The monoisotopic (exact) mass is 259 g/mol. The minimum Gasteiger partial charge on any atom is -0.339 e. The molecule has 0 aromatic heterocycles. The maximum Gasteiger partial charge on any atom is 0.239 e. The summed E-state index contributed by atoms with van der Waals surface area (Å²) in [5.41, 5.74) is 5.84. The van der Waals surface area contributed by atoms with E-state index in [0.717, 1.165) is 5.75 Å². The highest BCUT2D eigenvalue weighted by atomic mass is 32.2. The molecule has 0 aromatic carbocycles. The second kappa shape index (κ2) is 6.86. The van der Waals surface area contributed by atoms with Crippen LogP contribution >= 0.6 is 11.8 Å². The van der Waals surface area contributed by atoms with Crippen LogP contribution in [-0.2, 0) is 9.59 Å². The van der Waals surface area contributed by atoms with Crippen molar-refractivity contribution in [2.45, 2.75) is 19.4 Å². The molecule has 1 aliphatic heterocycles. The van der Waals surface area contributed by atoms with Crippen molar-refractivity contribution in [3.05, 3.63) is 0 Å². The topological polar surface area (TPSA) is 66.6 Å². The summed E-state index contributed by atoms with van der Waals surface area (Å²) in [6, 6.07) is -0.397. The first kappa shape index (κ1) is 14.3. The number of carbonyl (C=O) groups excluding carboxylic acids is 2. The lowest BCUT2D eigenvalue weighted by atomic mass is 10.2. The van der Waals surface area contributed by atoms with E-state index in [1.54, 1.807) is 28.5 Å². The molecule has 1 saturated heterocycles. The molecular formula is C11H21N3O2S. The van der Waals surface area contributed by atoms with Gasteiger partial charge < -0.3 is 15.5 Å². The zero-order valence-corrected chi connectivity index (χ0v) is 11.3. The molecule has 0 aromatic rings. The molecule has 1 heterocycles. The van der Waals surface area contributed by atoms with Crippen LogP contribution in [0.3, 0.4) is 0 Å². The van der Waals surface area contributed by atoms with Gasteiger partial charge in [0.2, 0.25) is 11.8 Å². The van der Waals surface area contributed by atoms with Gasteiger partial charge in [-0.2, -0.15) is 11.8 Å². The van der Waals surface area contributed by atoms with Crippen molar-refractivity contribution in [3.63, 3.8) is 0 Å². The number of thioether (sulfide) groups is 1. The Balaban J connectivity index is 2.37. The van der Waals surface area contributed by atoms with Crippen LogP contribution < -0.4 is 5.73 Å². The van der Waals surface area contributed by atoms with Crippen LogP contribution in [0.15, 0.2) is 0 Å². The van der Waals surface area contributed by atoms with E-state index in [2.05, 4.69) is 0 Å².